The van der Waals surface area contributed by atoms with Gasteiger partial charge in [0.05, 0.1) is 0 Å². The summed E-state index contributed by atoms with van der Waals surface area (Å²) in [6, 6.07) is 0. The lowest BCUT2D eigenvalue weighted by molar-refractivity contribution is -0.120. The highest BCUT2D eigenvalue weighted by atomic mass is 16.3. The molecule has 3 heteroatoms. The smallest absolute Gasteiger partial charge is 0.220 e. The molecule has 0 fully saturated rings. The fourth-order valence-corrected chi connectivity index (χ4v) is 0.274. The minimum absolute atomic E-state index is 0.0931. The summed E-state index contributed by atoms with van der Waals surface area (Å²) < 4.78 is 0. The molecule has 1 unspecified atom stereocenters. The molecule has 3 nitrogen and oxygen atoms in total. The molecule has 1 radical (unpaired) electrons. The number of nitrogens with two attached hydrogens (primary N) is 1. The third kappa shape index (κ3) is 2.58. The van der Waals surface area contributed by atoms with Gasteiger partial charge < -0.3 is 10.8 Å². The van der Waals surface area contributed by atoms with Crippen LogP contribution in [0.15, 0.2) is 0 Å². The Morgan fingerprint density at radius 2 is 2.50 bits per heavy atom. The average molecular weight is 116 g/mol. The first-order valence-corrected chi connectivity index (χ1v) is 2.42. The summed E-state index contributed by atoms with van der Waals surface area (Å²) in [7, 11) is 0. The first-order valence-electron chi connectivity index (χ1n) is 2.42. The van der Waals surface area contributed by atoms with Crippen LogP contribution in [0.2, 0.25) is 0 Å². The predicted octanol–water partition coefficient (Wildman–Crippen LogP) is -0.696. The minimum Gasteiger partial charge on any atom is -0.396 e. The Morgan fingerprint density at radius 1 is 2.00 bits per heavy atom. The van der Waals surface area contributed by atoms with Crippen molar-refractivity contribution < 1.29 is 9.90 Å². The van der Waals surface area contributed by atoms with Crippen LogP contribution in [0.4, 0.5) is 0 Å². The van der Waals surface area contributed by atoms with Crippen molar-refractivity contribution in [1.29, 1.82) is 0 Å². The van der Waals surface area contributed by atoms with Crippen molar-refractivity contribution in [3.63, 3.8) is 0 Å². The molecule has 1 atom stereocenters. The summed E-state index contributed by atoms with van der Waals surface area (Å²) in [5.41, 5.74) is 4.84. The van der Waals surface area contributed by atoms with Gasteiger partial charge in [0.1, 0.15) is 0 Å². The van der Waals surface area contributed by atoms with Crippen molar-refractivity contribution in [3.05, 3.63) is 6.42 Å². The second-order valence-electron chi connectivity index (χ2n) is 1.61. The molecule has 8 heavy (non-hydrogen) atoms. The molecule has 0 aromatic heterocycles. The second-order valence-corrected chi connectivity index (χ2v) is 1.61. The molecule has 0 heterocycles. The molecule has 0 saturated carbocycles. The van der Waals surface area contributed by atoms with E-state index in [1.165, 1.54) is 6.42 Å². The van der Waals surface area contributed by atoms with Gasteiger partial charge in [-0.05, 0) is 6.42 Å². The number of aliphatic hydroxyl groups is 1. The Labute approximate surface area is 48.5 Å². The number of hydrogen-bond acceptors (Lipinski definition) is 2. The van der Waals surface area contributed by atoms with E-state index in [-0.39, 0.29) is 12.5 Å². The van der Waals surface area contributed by atoms with Gasteiger partial charge in [0, 0.05) is 12.5 Å². The van der Waals surface area contributed by atoms with Gasteiger partial charge >= 0.3 is 0 Å². The van der Waals surface area contributed by atoms with Gasteiger partial charge in [-0.3, -0.25) is 4.79 Å². The van der Waals surface area contributed by atoms with Crippen LogP contribution in [0.1, 0.15) is 6.92 Å². The quantitative estimate of drug-likeness (QED) is 0.512. The predicted molar refractivity (Wildman–Crippen MR) is 29.7 cm³/mol. The van der Waals surface area contributed by atoms with Crippen LogP contribution in [-0.2, 0) is 4.79 Å². The van der Waals surface area contributed by atoms with E-state index in [1.54, 1.807) is 6.92 Å². The third-order valence-electron chi connectivity index (χ3n) is 0.908. The van der Waals surface area contributed by atoms with Crippen LogP contribution in [-0.4, -0.2) is 17.6 Å². The molecule has 0 saturated heterocycles. The van der Waals surface area contributed by atoms with Gasteiger partial charge in [0.25, 0.3) is 0 Å². The van der Waals surface area contributed by atoms with Crippen LogP contribution in [0.5, 0.6) is 0 Å². The van der Waals surface area contributed by atoms with Crippen molar-refractivity contribution in [2.24, 2.45) is 11.7 Å². The van der Waals surface area contributed by atoms with Crippen LogP contribution in [0.3, 0.4) is 0 Å². The van der Waals surface area contributed by atoms with Crippen molar-refractivity contribution >= 4 is 5.91 Å². The van der Waals surface area contributed by atoms with Crippen molar-refractivity contribution in [2.75, 3.05) is 6.61 Å². The van der Waals surface area contributed by atoms with Crippen LogP contribution in [0.25, 0.3) is 0 Å². The molecule has 0 bridgehead atoms. The zero-order valence-electron chi connectivity index (χ0n) is 4.79. The van der Waals surface area contributed by atoms with E-state index < -0.39 is 5.91 Å². The molecular weight excluding hydrogens is 106 g/mol. The number of carbonyl (C=O) groups is 1. The fraction of sp³-hybridized carbons (Fsp3) is 0.600. The number of amides is 1. The monoisotopic (exact) mass is 116 g/mol. The summed E-state index contributed by atoms with van der Waals surface area (Å²) >= 11 is 0. The SMILES string of the molecule is CC([CH]CO)C(N)=O. The molecule has 0 spiro atoms. The van der Waals surface area contributed by atoms with Gasteiger partial charge in [0.2, 0.25) is 5.91 Å². The first kappa shape index (κ1) is 7.43. The Kier molecular flexibility index (Phi) is 3.19. The molecule has 0 aromatic carbocycles. The number of aliphatic hydroxyl groups excluding tert-OH is 1. The topological polar surface area (TPSA) is 63.3 Å². The van der Waals surface area contributed by atoms with E-state index in [0.717, 1.165) is 0 Å². The van der Waals surface area contributed by atoms with Gasteiger partial charge in [0.15, 0.2) is 0 Å². The van der Waals surface area contributed by atoms with Crippen LogP contribution < -0.4 is 5.73 Å². The maximum Gasteiger partial charge on any atom is 0.220 e. The number of hydrogen-bond donors (Lipinski definition) is 2. The Balaban J connectivity index is 3.32. The third-order valence-corrected chi connectivity index (χ3v) is 0.908. The Bertz CT molecular complexity index is 82.5. The fourth-order valence-electron chi connectivity index (χ4n) is 0.274. The Morgan fingerprint density at radius 3 is 2.62 bits per heavy atom. The molecular formula is C5H10NO2. The Hall–Kier alpha value is -0.570. The summed E-state index contributed by atoms with van der Waals surface area (Å²) in [5, 5.41) is 8.22. The molecule has 0 aliphatic rings. The van der Waals surface area contributed by atoms with E-state index >= 15 is 0 Å². The molecule has 0 rings (SSSR count). The highest BCUT2D eigenvalue weighted by molar-refractivity contribution is 5.77. The summed E-state index contributed by atoms with van der Waals surface area (Å²) in [6.07, 6.45) is 1.45. The van der Waals surface area contributed by atoms with Crippen molar-refractivity contribution in [3.8, 4) is 0 Å². The van der Waals surface area contributed by atoms with E-state index in [4.69, 9.17) is 10.8 Å². The molecule has 3 N–H and O–H groups in total. The zero-order valence-corrected chi connectivity index (χ0v) is 4.79. The van der Waals surface area contributed by atoms with Gasteiger partial charge in [-0.1, -0.05) is 6.92 Å². The number of primary amides is 1. The van der Waals surface area contributed by atoms with Crippen molar-refractivity contribution in [2.45, 2.75) is 6.92 Å². The molecule has 0 aliphatic carbocycles. The number of rotatable bonds is 3. The molecule has 0 aromatic rings. The molecule has 0 aliphatic heterocycles. The zero-order chi connectivity index (χ0) is 6.57. The lowest BCUT2D eigenvalue weighted by atomic mass is 10.1. The van der Waals surface area contributed by atoms with E-state index in [1.807, 2.05) is 0 Å². The van der Waals surface area contributed by atoms with Crippen LogP contribution >= 0.6 is 0 Å². The molecule has 1 amide bonds. The normalized spacial score (nSPS) is 13.2. The van der Waals surface area contributed by atoms with E-state index in [9.17, 15) is 4.79 Å². The lowest BCUT2D eigenvalue weighted by Gasteiger charge is -2.00. The maximum absolute atomic E-state index is 10.2. The van der Waals surface area contributed by atoms with Gasteiger partial charge in [-0.15, -0.1) is 0 Å². The minimum atomic E-state index is -0.404. The maximum atomic E-state index is 10.2. The summed E-state index contributed by atoms with van der Waals surface area (Å²) in [4.78, 5) is 10.2. The standard InChI is InChI=1S/C5H10NO2/c1-4(2-3-7)5(6)8/h2,4,7H,3H2,1H3,(H2,6,8). The molecule has 47 valence electrons. The van der Waals surface area contributed by atoms with Crippen molar-refractivity contribution in [1.82, 2.24) is 0 Å². The van der Waals surface area contributed by atoms with E-state index in [2.05, 4.69) is 0 Å². The second kappa shape index (κ2) is 3.43. The van der Waals surface area contributed by atoms with Gasteiger partial charge in [-0.2, -0.15) is 0 Å². The van der Waals surface area contributed by atoms with Gasteiger partial charge in [-0.25, -0.2) is 0 Å². The highest BCUT2D eigenvalue weighted by Crippen LogP contribution is 1.95. The summed E-state index contributed by atoms with van der Waals surface area (Å²) in [5.74, 6) is -0.723. The number of carbonyl (C=O) groups excluding carboxylic acids is 1. The highest BCUT2D eigenvalue weighted by Gasteiger charge is 2.05. The summed E-state index contributed by atoms with van der Waals surface area (Å²) in [6.45, 7) is 1.54. The van der Waals surface area contributed by atoms with E-state index in [0.29, 0.717) is 0 Å². The average Bonchev–Trinajstić information content (AvgIpc) is 1.67. The largest absolute Gasteiger partial charge is 0.396 e. The lowest BCUT2D eigenvalue weighted by Crippen LogP contribution is -2.21. The van der Waals surface area contributed by atoms with Crippen LogP contribution in [0, 0.1) is 12.3 Å². The first-order chi connectivity index (χ1) is 3.68.